The van der Waals surface area contributed by atoms with Crippen LogP contribution in [-0.2, 0) is 16.0 Å². The summed E-state index contributed by atoms with van der Waals surface area (Å²) < 4.78 is 5.45. The van der Waals surface area contributed by atoms with Crippen LogP contribution in [0.5, 0.6) is 0 Å². The summed E-state index contributed by atoms with van der Waals surface area (Å²) in [4.78, 5) is 29.8. The van der Waals surface area contributed by atoms with Gasteiger partial charge in [0.1, 0.15) is 17.5 Å². The summed E-state index contributed by atoms with van der Waals surface area (Å²) >= 11 is 1.75. The van der Waals surface area contributed by atoms with Gasteiger partial charge in [-0.15, -0.1) is 11.3 Å². The van der Waals surface area contributed by atoms with E-state index in [0.717, 1.165) is 76.4 Å². The third kappa shape index (κ3) is 4.87. The Morgan fingerprint density at radius 2 is 1.69 bits per heavy atom. The molecule has 8 heteroatoms. The molecule has 1 amide bonds. The average Bonchev–Trinajstić information content (AvgIpc) is 3.17. The van der Waals surface area contributed by atoms with Crippen molar-refractivity contribution in [2.24, 2.45) is 0 Å². The van der Waals surface area contributed by atoms with Gasteiger partial charge in [-0.2, -0.15) is 0 Å². The number of hydrogen-bond acceptors (Lipinski definition) is 7. The second-order valence-corrected chi connectivity index (χ2v) is 8.63. The SMILES string of the molecule is Cc1nc(N2CCOCC2)cc(N2CCN(C(=O)CCc3sccc3C)CC2)n1. The van der Waals surface area contributed by atoms with E-state index in [1.54, 1.807) is 11.3 Å². The average molecular weight is 416 g/mol. The maximum atomic E-state index is 12.6. The molecule has 2 aromatic rings. The molecule has 29 heavy (non-hydrogen) atoms. The van der Waals surface area contributed by atoms with Crippen molar-refractivity contribution in [2.75, 3.05) is 62.3 Å². The minimum Gasteiger partial charge on any atom is -0.378 e. The van der Waals surface area contributed by atoms with E-state index in [9.17, 15) is 4.79 Å². The number of morpholine rings is 1. The number of carbonyl (C=O) groups excluding carboxylic acids is 1. The fourth-order valence-corrected chi connectivity index (χ4v) is 4.79. The maximum absolute atomic E-state index is 12.6. The molecule has 2 aromatic heterocycles. The summed E-state index contributed by atoms with van der Waals surface area (Å²) in [5.74, 6) is 2.97. The molecular formula is C21H29N5O2S. The number of amides is 1. The molecule has 0 aliphatic carbocycles. The van der Waals surface area contributed by atoms with E-state index in [1.165, 1.54) is 10.4 Å². The number of carbonyl (C=O) groups is 1. The third-order valence-corrected chi connectivity index (χ3v) is 6.72. The Balaban J connectivity index is 1.33. The van der Waals surface area contributed by atoms with Crippen molar-refractivity contribution in [1.29, 1.82) is 0 Å². The number of piperazine rings is 1. The summed E-state index contributed by atoms with van der Waals surface area (Å²) in [6, 6.07) is 4.20. The number of hydrogen-bond donors (Lipinski definition) is 0. The summed E-state index contributed by atoms with van der Waals surface area (Å²) in [7, 11) is 0. The van der Waals surface area contributed by atoms with Crippen LogP contribution in [-0.4, -0.2) is 73.3 Å². The molecule has 0 saturated carbocycles. The summed E-state index contributed by atoms with van der Waals surface area (Å²) in [6.45, 7) is 10.4. The van der Waals surface area contributed by atoms with Crippen LogP contribution in [0.15, 0.2) is 17.5 Å². The molecule has 7 nitrogen and oxygen atoms in total. The minimum absolute atomic E-state index is 0.255. The lowest BCUT2D eigenvalue weighted by Gasteiger charge is -2.36. The van der Waals surface area contributed by atoms with Gasteiger partial charge in [0.25, 0.3) is 0 Å². The zero-order chi connectivity index (χ0) is 20.2. The molecule has 0 spiro atoms. The fraction of sp³-hybridized carbons (Fsp3) is 0.571. The zero-order valence-corrected chi connectivity index (χ0v) is 18.1. The Morgan fingerprint density at radius 3 is 2.31 bits per heavy atom. The second-order valence-electron chi connectivity index (χ2n) is 7.63. The van der Waals surface area contributed by atoms with E-state index in [2.05, 4.69) is 44.2 Å². The highest BCUT2D eigenvalue weighted by atomic mass is 32.1. The first-order valence-corrected chi connectivity index (χ1v) is 11.2. The van der Waals surface area contributed by atoms with Crippen molar-refractivity contribution in [3.63, 3.8) is 0 Å². The van der Waals surface area contributed by atoms with Crippen LogP contribution in [0.3, 0.4) is 0 Å². The van der Waals surface area contributed by atoms with E-state index in [-0.39, 0.29) is 5.91 Å². The van der Waals surface area contributed by atoms with Gasteiger partial charge in [0.05, 0.1) is 13.2 Å². The predicted octanol–water partition coefficient (Wildman–Crippen LogP) is 2.27. The Labute approximate surface area is 176 Å². The quantitative estimate of drug-likeness (QED) is 0.747. The Kier molecular flexibility index (Phi) is 6.30. The number of rotatable bonds is 5. The van der Waals surface area contributed by atoms with Gasteiger partial charge < -0.3 is 19.4 Å². The van der Waals surface area contributed by atoms with Gasteiger partial charge in [-0.05, 0) is 37.3 Å². The molecule has 4 heterocycles. The van der Waals surface area contributed by atoms with Crippen molar-refractivity contribution in [2.45, 2.75) is 26.7 Å². The Bertz CT molecular complexity index is 841. The standard InChI is InChI=1S/C21H29N5O2S/c1-16-5-14-29-18(16)3-4-21(27)26-8-6-24(7-9-26)19-15-20(23-17(2)22-19)25-10-12-28-13-11-25/h5,14-15H,3-4,6-13H2,1-2H3. The largest absolute Gasteiger partial charge is 0.378 e. The van der Waals surface area contributed by atoms with Gasteiger partial charge in [0.2, 0.25) is 5.91 Å². The van der Waals surface area contributed by atoms with Gasteiger partial charge in [-0.3, -0.25) is 4.79 Å². The first-order valence-electron chi connectivity index (χ1n) is 10.3. The molecule has 156 valence electrons. The van der Waals surface area contributed by atoms with E-state index in [0.29, 0.717) is 6.42 Å². The van der Waals surface area contributed by atoms with Crippen molar-refractivity contribution in [3.8, 4) is 0 Å². The molecule has 0 N–H and O–H groups in total. The van der Waals surface area contributed by atoms with Crippen LogP contribution in [0.25, 0.3) is 0 Å². The van der Waals surface area contributed by atoms with Crippen molar-refractivity contribution in [3.05, 3.63) is 33.8 Å². The molecule has 2 aliphatic rings. The fourth-order valence-electron chi connectivity index (χ4n) is 3.88. The number of nitrogens with zero attached hydrogens (tertiary/aromatic N) is 5. The van der Waals surface area contributed by atoms with Gasteiger partial charge >= 0.3 is 0 Å². The molecule has 2 saturated heterocycles. The number of ether oxygens (including phenoxy) is 1. The maximum Gasteiger partial charge on any atom is 0.223 e. The topological polar surface area (TPSA) is 61.8 Å². The number of thiophene rings is 1. The summed E-state index contributed by atoms with van der Waals surface area (Å²) in [5, 5.41) is 2.10. The van der Waals surface area contributed by atoms with E-state index in [4.69, 9.17) is 4.74 Å². The highest BCUT2D eigenvalue weighted by molar-refractivity contribution is 7.10. The summed E-state index contributed by atoms with van der Waals surface area (Å²) in [6.07, 6.45) is 1.44. The van der Waals surface area contributed by atoms with Crippen LogP contribution < -0.4 is 9.80 Å². The van der Waals surface area contributed by atoms with Crippen LogP contribution in [0.2, 0.25) is 0 Å². The number of anilines is 2. The molecule has 2 aliphatic heterocycles. The normalized spacial score (nSPS) is 17.7. The van der Waals surface area contributed by atoms with E-state index in [1.807, 2.05) is 11.8 Å². The smallest absolute Gasteiger partial charge is 0.223 e. The van der Waals surface area contributed by atoms with Crippen molar-refractivity contribution >= 4 is 28.9 Å². The van der Waals surface area contributed by atoms with Gasteiger partial charge in [-0.1, -0.05) is 0 Å². The predicted molar refractivity (Wildman–Crippen MR) is 116 cm³/mol. The molecule has 4 rings (SSSR count). The number of aromatic nitrogens is 2. The monoisotopic (exact) mass is 415 g/mol. The first-order chi connectivity index (χ1) is 14.1. The lowest BCUT2D eigenvalue weighted by molar-refractivity contribution is -0.131. The van der Waals surface area contributed by atoms with Gasteiger partial charge in [0.15, 0.2) is 0 Å². The van der Waals surface area contributed by atoms with Crippen molar-refractivity contribution in [1.82, 2.24) is 14.9 Å². The highest BCUT2D eigenvalue weighted by Gasteiger charge is 2.23. The molecule has 0 aromatic carbocycles. The van der Waals surface area contributed by atoms with Crippen LogP contribution >= 0.6 is 11.3 Å². The third-order valence-electron chi connectivity index (χ3n) is 5.64. The van der Waals surface area contributed by atoms with Gasteiger partial charge in [-0.25, -0.2) is 9.97 Å². The highest BCUT2D eigenvalue weighted by Crippen LogP contribution is 2.22. The molecule has 0 atom stereocenters. The van der Waals surface area contributed by atoms with Crippen LogP contribution in [0, 0.1) is 13.8 Å². The minimum atomic E-state index is 0.255. The molecule has 2 fully saturated rings. The number of aryl methyl sites for hydroxylation is 3. The Morgan fingerprint density at radius 1 is 1.03 bits per heavy atom. The van der Waals surface area contributed by atoms with Crippen LogP contribution in [0.4, 0.5) is 11.6 Å². The second kappa shape index (κ2) is 9.09. The first kappa shape index (κ1) is 20.1. The lowest BCUT2D eigenvalue weighted by atomic mass is 10.2. The molecule has 0 radical (unpaired) electrons. The lowest BCUT2D eigenvalue weighted by Crippen LogP contribution is -2.49. The molecule has 0 bridgehead atoms. The summed E-state index contributed by atoms with van der Waals surface area (Å²) in [5.41, 5.74) is 1.29. The zero-order valence-electron chi connectivity index (χ0n) is 17.3. The van der Waals surface area contributed by atoms with E-state index >= 15 is 0 Å². The molecule has 0 unspecified atom stereocenters. The van der Waals surface area contributed by atoms with E-state index < -0.39 is 0 Å². The van der Waals surface area contributed by atoms with Gasteiger partial charge in [0, 0.05) is 56.6 Å². The van der Waals surface area contributed by atoms with Crippen molar-refractivity contribution < 1.29 is 9.53 Å². The van der Waals surface area contributed by atoms with Crippen LogP contribution in [0.1, 0.15) is 22.7 Å². The Hall–Kier alpha value is -2.19. The molecular weight excluding hydrogens is 386 g/mol.